The van der Waals surface area contributed by atoms with Crippen LogP contribution in [-0.4, -0.2) is 23.1 Å². The Morgan fingerprint density at radius 3 is 2.55 bits per heavy atom. The molecule has 0 N–H and O–H groups in total. The van der Waals surface area contributed by atoms with Crippen LogP contribution in [0.4, 0.5) is 0 Å². The molecule has 0 bridgehead atoms. The van der Waals surface area contributed by atoms with Gasteiger partial charge in [0.05, 0.1) is 0 Å². The Morgan fingerprint density at radius 1 is 1.15 bits per heavy atom. The number of carbonyl (C=O) groups is 1. The van der Waals surface area contributed by atoms with Gasteiger partial charge in [0.25, 0.3) is 5.91 Å². The molecule has 0 aliphatic carbocycles. The van der Waals surface area contributed by atoms with Gasteiger partial charge in [-0.05, 0) is 38.1 Å². The van der Waals surface area contributed by atoms with Crippen LogP contribution in [0.25, 0.3) is 0 Å². The summed E-state index contributed by atoms with van der Waals surface area (Å²) in [5.74, 6) is 1.16. The molecule has 2 aromatic rings. The zero-order valence-corrected chi connectivity index (χ0v) is 13.3. The number of carbonyl (C=O) groups excluding carboxylic acids is 1. The van der Waals surface area contributed by atoms with Crippen molar-refractivity contribution in [3.05, 3.63) is 57.3 Å². The van der Waals surface area contributed by atoms with Crippen molar-refractivity contribution in [2.75, 3.05) is 12.3 Å². The zero-order valence-electron chi connectivity index (χ0n) is 11.6. The van der Waals surface area contributed by atoms with E-state index >= 15 is 0 Å². The highest BCUT2D eigenvalue weighted by Crippen LogP contribution is 2.41. The van der Waals surface area contributed by atoms with E-state index in [9.17, 15) is 4.79 Å². The molecule has 1 aliphatic rings. The summed E-state index contributed by atoms with van der Waals surface area (Å²) in [5.41, 5.74) is 1.97. The van der Waals surface area contributed by atoms with Crippen molar-refractivity contribution in [3.63, 3.8) is 0 Å². The normalized spacial score (nSPS) is 18.5. The molecule has 0 radical (unpaired) electrons. The monoisotopic (exact) mass is 303 g/mol. The molecule has 104 valence electrons. The molecular weight excluding hydrogens is 286 g/mol. The third-order valence-electron chi connectivity index (χ3n) is 3.45. The number of thioether (sulfide) groups is 1. The number of thiophene rings is 1. The Balaban J connectivity index is 1.85. The lowest BCUT2D eigenvalue weighted by atomic mass is 10.1. The minimum Gasteiger partial charge on any atom is -0.321 e. The summed E-state index contributed by atoms with van der Waals surface area (Å²) in [6.45, 7) is 4.98. The van der Waals surface area contributed by atoms with E-state index in [0.717, 1.165) is 17.9 Å². The van der Waals surface area contributed by atoms with E-state index in [2.05, 4.69) is 19.1 Å². The minimum absolute atomic E-state index is 0.144. The summed E-state index contributed by atoms with van der Waals surface area (Å²) < 4.78 is 0. The van der Waals surface area contributed by atoms with Crippen LogP contribution < -0.4 is 0 Å². The second-order valence-electron chi connectivity index (χ2n) is 5.04. The SMILES string of the molecule is Cc1ccc(C(=O)N2CCS[C@@H]2c2ccc(C)s2)cc1. The van der Waals surface area contributed by atoms with Crippen molar-refractivity contribution < 1.29 is 4.79 Å². The van der Waals surface area contributed by atoms with Crippen molar-refractivity contribution in [2.24, 2.45) is 0 Å². The molecule has 2 nitrogen and oxygen atoms in total. The first-order valence-electron chi connectivity index (χ1n) is 6.71. The number of aryl methyl sites for hydroxylation is 2. The van der Waals surface area contributed by atoms with Crippen LogP contribution >= 0.6 is 23.1 Å². The molecule has 2 heterocycles. The highest BCUT2D eigenvalue weighted by molar-refractivity contribution is 7.99. The molecule has 0 spiro atoms. The number of amides is 1. The van der Waals surface area contributed by atoms with E-state index < -0.39 is 0 Å². The Bertz CT molecular complexity index is 618. The van der Waals surface area contributed by atoms with Gasteiger partial charge in [0, 0.05) is 27.6 Å². The van der Waals surface area contributed by atoms with Crippen LogP contribution in [0.15, 0.2) is 36.4 Å². The molecule has 1 fully saturated rings. The predicted octanol–water partition coefficient (Wildman–Crippen LogP) is 4.25. The van der Waals surface area contributed by atoms with Crippen LogP contribution in [0.1, 0.15) is 31.0 Å². The van der Waals surface area contributed by atoms with Gasteiger partial charge >= 0.3 is 0 Å². The number of rotatable bonds is 2. The van der Waals surface area contributed by atoms with E-state index in [1.54, 1.807) is 11.3 Å². The third kappa shape index (κ3) is 2.63. The topological polar surface area (TPSA) is 20.3 Å². The largest absolute Gasteiger partial charge is 0.321 e. The summed E-state index contributed by atoms with van der Waals surface area (Å²) in [4.78, 5) is 17.3. The molecule has 20 heavy (non-hydrogen) atoms. The lowest BCUT2D eigenvalue weighted by Gasteiger charge is -2.23. The lowest BCUT2D eigenvalue weighted by molar-refractivity contribution is 0.0762. The van der Waals surface area contributed by atoms with Crippen molar-refractivity contribution in [1.82, 2.24) is 4.90 Å². The van der Waals surface area contributed by atoms with Crippen molar-refractivity contribution >= 4 is 29.0 Å². The molecule has 1 atom stereocenters. The summed E-state index contributed by atoms with van der Waals surface area (Å²) in [7, 11) is 0. The van der Waals surface area contributed by atoms with Gasteiger partial charge in [0.15, 0.2) is 0 Å². The van der Waals surface area contributed by atoms with Crippen molar-refractivity contribution in [1.29, 1.82) is 0 Å². The molecule has 3 rings (SSSR count). The van der Waals surface area contributed by atoms with Crippen LogP contribution in [0, 0.1) is 13.8 Å². The molecule has 1 saturated heterocycles. The zero-order chi connectivity index (χ0) is 14.1. The fourth-order valence-corrected chi connectivity index (χ4v) is 4.73. The Kier molecular flexibility index (Phi) is 3.85. The van der Waals surface area contributed by atoms with E-state index in [1.807, 2.05) is 47.9 Å². The van der Waals surface area contributed by atoms with Crippen LogP contribution in [0.2, 0.25) is 0 Å². The molecule has 1 aliphatic heterocycles. The summed E-state index contributed by atoms with van der Waals surface area (Å²) in [6.07, 6.45) is 0. The van der Waals surface area contributed by atoms with Gasteiger partial charge < -0.3 is 4.90 Å². The van der Waals surface area contributed by atoms with Crippen molar-refractivity contribution in [3.8, 4) is 0 Å². The Morgan fingerprint density at radius 2 is 1.90 bits per heavy atom. The van der Waals surface area contributed by atoms with Crippen LogP contribution in [0.5, 0.6) is 0 Å². The van der Waals surface area contributed by atoms with E-state index in [0.29, 0.717) is 0 Å². The first kappa shape index (κ1) is 13.7. The van der Waals surface area contributed by atoms with Gasteiger partial charge in [-0.2, -0.15) is 0 Å². The number of hydrogen-bond donors (Lipinski definition) is 0. The lowest BCUT2D eigenvalue weighted by Crippen LogP contribution is -2.30. The average Bonchev–Trinajstić information content (AvgIpc) is 3.07. The average molecular weight is 303 g/mol. The maximum atomic E-state index is 12.7. The molecule has 1 aromatic carbocycles. The number of nitrogens with zero attached hydrogens (tertiary/aromatic N) is 1. The molecule has 1 amide bonds. The van der Waals surface area contributed by atoms with E-state index in [-0.39, 0.29) is 11.3 Å². The van der Waals surface area contributed by atoms with Crippen molar-refractivity contribution in [2.45, 2.75) is 19.2 Å². The first-order valence-corrected chi connectivity index (χ1v) is 8.57. The molecule has 4 heteroatoms. The molecular formula is C16H17NOS2. The molecule has 0 saturated carbocycles. The summed E-state index contributed by atoms with van der Waals surface area (Å²) >= 11 is 3.65. The predicted molar refractivity (Wildman–Crippen MR) is 86.5 cm³/mol. The smallest absolute Gasteiger partial charge is 0.255 e. The van der Waals surface area contributed by atoms with Gasteiger partial charge in [0.2, 0.25) is 0 Å². The van der Waals surface area contributed by atoms with E-state index in [1.165, 1.54) is 15.3 Å². The highest BCUT2D eigenvalue weighted by Gasteiger charge is 2.31. The Labute approximate surface area is 127 Å². The fourth-order valence-electron chi connectivity index (χ4n) is 2.36. The molecule has 0 unspecified atom stereocenters. The standard InChI is InChI=1S/C16H17NOS2/c1-11-3-6-13(7-4-11)15(18)17-9-10-19-16(17)14-8-5-12(2)20-14/h3-8,16H,9-10H2,1-2H3/t16-/m1/s1. The second-order valence-corrected chi connectivity index (χ2v) is 7.54. The van der Waals surface area contributed by atoms with Gasteiger partial charge in [-0.25, -0.2) is 0 Å². The summed E-state index contributed by atoms with van der Waals surface area (Å²) in [5, 5.41) is 0.183. The van der Waals surface area contributed by atoms with E-state index in [4.69, 9.17) is 0 Å². The first-order chi connectivity index (χ1) is 9.65. The van der Waals surface area contributed by atoms with Crippen LogP contribution in [0.3, 0.4) is 0 Å². The number of benzene rings is 1. The van der Waals surface area contributed by atoms with Gasteiger partial charge in [0.1, 0.15) is 5.37 Å². The fraction of sp³-hybridized carbons (Fsp3) is 0.312. The minimum atomic E-state index is 0.144. The Hall–Kier alpha value is -1.26. The van der Waals surface area contributed by atoms with Gasteiger partial charge in [-0.15, -0.1) is 23.1 Å². The second kappa shape index (κ2) is 5.62. The third-order valence-corrected chi connectivity index (χ3v) is 5.90. The van der Waals surface area contributed by atoms with Gasteiger partial charge in [-0.3, -0.25) is 4.79 Å². The highest BCUT2D eigenvalue weighted by atomic mass is 32.2. The quantitative estimate of drug-likeness (QED) is 0.826. The molecule has 1 aromatic heterocycles. The van der Waals surface area contributed by atoms with Crippen LogP contribution in [-0.2, 0) is 0 Å². The maximum Gasteiger partial charge on any atom is 0.255 e. The summed E-state index contributed by atoms with van der Waals surface area (Å²) in [6, 6.07) is 12.1. The maximum absolute atomic E-state index is 12.7. The van der Waals surface area contributed by atoms with Gasteiger partial charge in [-0.1, -0.05) is 17.7 Å². The number of hydrogen-bond acceptors (Lipinski definition) is 3.